The molecule has 0 aromatic heterocycles. The lowest BCUT2D eigenvalue weighted by molar-refractivity contribution is -0.870. The van der Waals surface area contributed by atoms with Gasteiger partial charge in [-0.3, -0.25) is 18.6 Å². The first-order chi connectivity index (χ1) is 45.0. The molecule has 540 valence electrons. The van der Waals surface area contributed by atoms with Crippen LogP contribution in [0, 0.1) is 0 Å². The van der Waals surface area contributed by atoms with E-state index in [4.69, 9.17) is 18.5 Å². The molecule has 1 N–H and O–H groups in total. The Balaban J connectivity index is 3.88. The van der Waals surface area contributed by atoms with Crippen LogP contribution in [0.25, 0.3) is 0 Å². The number of phosphoric ester groups is 1. The third-order valence-corrected chi connectivity index (χ3v) is 19.0. The average Bonchev–Trinajstić information content (AvgIpc) is 2.23. The summed E-state index contributed by atoms with van der Waals surface area (Å²) in [6.07, 6.45) is 98.1. The van der Waals surface area contributed by atoms with Gasteiger partial charge < -0.3 is 18.9 Å². The zero-order chi connectivity index (χ0) is 66.9. The molecule has 0 radical (unpaired) electrons. The summed E-state index contributed by atoms with van der Waals surface area (Å²) < 4.78 is 34.8. The van der Waals surface area contributed by atoms with Crippen LogP contribution < -0.4 is 0 Å². The Morgan fingerprint density at radius 3 is 0.935 bits per heavy atom. The summed E-state index contributed by atoms with van der Waals surface area (Å²) in [4.78, 5) is 36.0. The van der Waals surface area contributed by atoms with Crippen LogP contribution in [0.15, 0.2) is 60.8 Å². The predicted molar refractivity (Wildman–Crippen MR) is 400 cm³/mol. The summed E-state index contributed by atoms with van der Waals surface area (Å²) in [6, 6.07) is 0. The molecule has 0 rings (SSSR count). The largest absolute Gasteiger partial charge is 0.472 e. The van der Waals surface area contributed by atoms with Crippen molar-refractivity contribution in [2.75, 3.05) is 47.5 Å². The van der Waals surface area contributed by atoms with Gasteiger partial charge in [0.25, 0.3) is 0 Å². The van der Waals surface area contributed by atoms with Gasteiger partial charge in [0.05, 0.1) is 27.7 Å². The van der Waals surface area contributed by atoms with E-state index in [-0.39, 0.29) is 25.6 Å². The summed E-state index contributed by atoms with van der Waals surface area (Å²) >= 11 is 0. The Hall–Kier alpha value is -2.29. The van der Waals surface area contributed by atoms with Gasteiger partial charge >= 0.3 is 19.8 Å². The number of nitrogens with zero attached hydrogens (tertiary/aromatic N) is 1. The minimum atomic E-state index is -4.39. The molecule has 0 heterocycles. The van der Waals surface area contributed by atoms with Crippen molar-refractivity contribution in [3.8, 4) is 0 Å². The molecule has 0 fully saturated rings. The van der Waals surface area contributed by atoms with Gasteiger partial charge in [0, 0.05) is 12.8 Å². The van der Waals surface area contributed by atoms with Crippen molar-refractivity contribution in [2.24, 2.45) is 0 Å². The Kier molecular flexibility index (Phi) is 71.2. The molecule has 0 bridgehead atoms. The van der Waals surface area contributed by atoms with Gasteiger partial charge in [0.2, 0.25) is 0 Å². The van der Waals surface area contributed by atoms with Crippen LogP contribution in [0.3, 0.4) is 0 Å². The van der Waals surface area contributed by atoms with Crippen molar-refractivity contribution >= 4 is 19.8 Å². The molecule has 92 heavy (non-hydrogen) atoms. The lowest BCUT2D eigenvalue weighted by Crippen LogP contribution is -2.37. The van der Waals surface area contributed by atoms with E-state index >= 15 is 0 Å². The number of hydrogen-bond donors (Lipinski definition) is 1. The molecule has 0 amide bonds. The summed E-state index contributed by atoms with van der Waals surface area (Å²) in [6.45, 7) is 4.39. The third kappa shape index (κ3) is 76.7. The number of likely N-dealkylation sites (N-methyl/N-ethyl adjacent to an activating group) is 1. The highest BCUT2D eigenvalue weighted by Crippen LogP contribution is 2.43. The van der Waals surface area contributed by atoms with Gasteiger partial charge in [-0.1, -0.05) is 370 Å². The lowest BCUT2D eigenvalue weighted by Gasteiger charge is -2.24. The number of ether oxygens (including phenoxy) is 2. The molecule has 0 saturated heterocycles. The Morgan fingerprint density at radius 1 is 0.348 bits per heavy atom. The summed E-state index contributed by atoms with van der Waals surface area (Å²) in [5.41, 5.74) is 0. The molecule has 0 saturated carbocycles. The number of carbonyl (C=O) groups is 2. The fourth-order valence-electron chi connectivity index (χ4n) is 12.0. The van der Waals surface area contributed by atoms with Crippen LogP contribution in [0.1, 0.15) is 399 Å². The zero-order valence-electron chi connectivity index (χ0n) is 61.8. The van der Waals surface area contributed by atoms with E-state index in [1.807, 2.05) is 21.1 Å². The lowest BCUT2D eigenvalue weighted by atomic mass is 10.0. The Morgan fingerprint density at radius 2 is 0.620 bits per heavy atom. The first kappa shape index (κ1) is 89.7. The van der Waals surface area contributed by atoms with Crippen molar-refractivity contribution in [2.45, 2.75) is 405 Å². The van der Waals surface area contributed by atoms with Crippen molar-refractivity contribution in [3.63, 3.8) is 0 Å². The number of quaternary nitrogens is 1. The van der Waals surface area contributed by atoms with Gasteiger partial charge in [-0.05, 0) is 77.0 Å². The second kappa shape index (κ2) is 73.0. The number of allylic oxidation sites excluding steroid dienone is 10. The molecule has 10 heteroatoms. The molecule has 9 nitrogen and oxygen atoms in total. The van der Waals surface area contributed by atoms with Crippen molar-refractivity contribution in [1.82, 2.24) is 0 Å². The molecular weight excluding hydrogens is 1160 g/mol. The van der Waals surface area contributed by atoms with E-state index in [9.17, 15) is 19.0 Å². The summed E-state index contributed by atoms with van der Waals surface area (Å²) in [5, 5.41) is 0. The summed E-state index contributed by atoms with van der Waals surface area (Å²) in [7, 11) is 1.50. The van der Waals surface area contributed by atoms with Crippen molar-refractivity contribution in [1.29, 1.82) is 0 Å². The van der Waals surface area contributed by atoms with Gasteiger partial charge in [-0.25, -0.2) is 4.57 Å². The van der Waals surface area contributed by atoms with Gasteiger partial charge in [-0.2, -0.15) is 0 Å². The first-order valence-electron chi connectivity index (χ1n) is 40.0. The SMILES string of the molecule is CC/C=C\C/C=C\C/C=C\C/C=C\CCCCCCCCCCCCCCCCCCCCCCCCCCCCCCC(=O)OC(COC(=O)CCCCCCCCCCCCCCCCC/C=C\CCCCCCCCCC)COP(=O)(O)OCC[N+](C)(C)C. The molecule has 0 spiro atoms. The third-order valence-electron chi connectivity index (χ3n) is 18.0. The molecule has 0 aliphatic heterocycles. The van der Waals surface area contributed by atoms with Crippen LogP contribution in [0.2, 0.25) is 0 Å². The Labute approximate surface area is 572 Å². The van der Waals surface area contributed by atoms with Crippen LogP contribution in [-0.4, -0.2) is 74.9 Å². The van der Waals surface area contributed by atoms with E-state index in [0.717, 1.165) is 57.8 Å². The van der Waals surface area contributed by atoms with Crippen LogP contribution in [0.5, 0.6) is 0 Å². The van der Waals surface area contributed by atoms with Crippen molar-refractivity contribution < 1.29 is 42.1 Å². The number of carbonyl (C=O) groups excluding carboxylic acids is 2. The smallest absolute Gasteiger partial charge is 0.462 e. The fraction of sp³-hybridized carbons (Fsp3) is 0.854. The number of unbranched alkanes of at least 4 members (excludes halogenated alkanes) is 51. The zero-order valence-corrected chi connectivity index (χ0v) is 62.7. The second-order valence-corrected chi connectivity index (χ2v) is 29.9. The molecule has 0 aliphatic rings. The number of phosphoric acid groups is 1. The molecule has 0 aromatic carbocycles. The van der Waals surface area contributed by atoms with Gasteiger partial charge in [0.1, 0.15) is 19.8 Å². The second-order valence-electron chi connectivity index (χ2n) is 28.4. The van der Waals surface area contributed by atoms with Crippen LogP contribution >= 0.6 is 7.82 Å². The first-order valence-corrected chi connectivity index (χ1v) is 41.5. The highest BCUT2D eigenvalue weighted by atomic mass is 31.2. The molecule has 2 unspecified atom stereocenters. The van der Waals surface area contributed by atoms with E-state index in [1.54, 1.807) is 0 Å². The molecule has 0 aliphatic carbocycles. The van der Waals surface area contributed by atoms with Crippen molar-refractivity contribution in [3.05, 3.63) is 60.8 Å². The normalized spacial score (nSPS) is 13.3. The quantitative estimate of drug-likeness (QED) is 0.0211. The van der Waals surface area contributed by atoms with Crippen LogP contribution in [0.4, 0.5) is 0 Å². The average molecular weight is 1310 g/mol. The minimum absolute atomic E-state index is 0.0344. The van der Waals surface area contributed by atoms with E-state index < -0.39 is 26.5 Å². The number of rotatable bonds is 75. The highest BCUT2D eigenvalue weighted by Gasteiger charge is 2.27. The predicted octanol–water partition coefficient (Wildman–Crippen LogP) is 26.5. The molecule has 0 aromatic rings. The van der Waals surface area contributed by atoms with Crippen LogP contribution in [-0.2, 0) is 32.7 Å². The number of esters is 2. The van der Waals surface area contributed by atoms with Gasteiger partial charge in [-0.15, -0.1) is 0 Å². The maximum Gasteiger partial charge on any atom is 0.472 e. The fourth-order valence-corrected chi connectivity index (χ4v) is 12.7. The minimum Gasteiger partial charge on any atom is -0.462 e. The highest BCUT2D eigenvalue weighted by molar-refractivity contribution is 7.47. The summed E-state index contributed by atoms with van der Waals surface area (Å²) in [5.74, 6) is -0.774. The van der Waals surface area contributed by atoms with E-state index in [1.165, 1.54) is 308 Å². The van der Waals surface area contributed by atoms with E-state index in [2.05, 4.69) is 74.6 Å². The Bertz CT molecular complexity index is 1740. The topological polar surface area (TPSA) is 108 Å². The maximum atomic E-state index is 12.9. The van der Waals surface area contributed by atoms with Gasteiger partial charge in [0.15, 0.2) is 6.10 Å². The molecular formula is C82H155NO8P+. The maximum absolute atomic E-state index is 12.9. The monoisotopic (exact) mass is 1310 g/mol. The number of hydrogen-bond acceptors (Lipinski definition) is 7. The standard InChI is InChI=1S/C82H154NO8P/c1-6-8-10-12-14-16-18-20-22-24-26-28-30-32-34-35-36-37-38-39-40-41-42-43-44-45-46-47-49-51-53-55-57-59-61-63-65-67-69-71-73-75-82(85)91-80(79-90-92(86,87)89-77-76-83(3,4)5)78-88-81(84)74-72-70-68-66-64-62-60-58-56-54-52-50-48-33-31-29-27-25-23-21-19-17-15-13-11-9-7-2/h8,10,14,16,20,22,25-28,80H,6-7,9,11-13,15,17-19,21,23-24,29-79H2,1-5H3/p+1/b10-8-,16-14-,22-20-,27-25-,28-26-. The molecule has 2 atom stereocenters. The van der Waals surface area contributed by atoms with E-state index in [0.29, 0.717) is 23.9 Å².